The van der Waals surface area contributed by atoms with E-state index < -0.39 is 0 Å². The van der Waals surface area contributed by atoms with Crippen molar-refractivity contribution in [1.29, 1.82) is 0 Å². The highest BCUT2D eigenvalue weighted by Gasteiger charge is 2.26. The molecule has 1 aromatic rings. The number of benzene rings is 1. The van der Waals surface area contributed by atoms with Crippen LogP contribution in [0.3, 0.4) is 0 Å². The quantitative estimate of drug-likeness (QED) is 0.701. The predicted molar refractivity (Wildman–Crippen MR) is 65.0 cm³/mol. The van der Waals surface area contributed by atoms with Crippen LogP contribution in [0.5, 0.6) is 0 Å². The normalized spacial score (nSPS) is 17.7. The van der Waals surface area contributed by atoms with Crippen molar-refractivity contribution in [2.75, 3.05) is 6.54 Å². The molecule has 1 N–H and O–H groups in total. The average Bonchev–Trinajstić information content (AvgIpc) is 3.09. The molecule has 0 amide bonds. The fourth-order valence-corrected chi connectivity index (χ4v) is 2.03. The van der Waals surface area contributed by atoms with Crippen LogP contribution in [0.15, 0.2) is 30.3 Å². The van der Waals surface area contributed by atoms with Gasteiger partial charge in [0, 0.05) is 6.04 Å². The Labute approximate surface area is 92.9 Å². The van der Waals surface area contributed by atoms with Gasteiger partial charge in [0.1, 0.15) is 0 Å². The lowest BCUT2D eigenvalue weighted by Crippen LogP contribution is -2.28. The fraction of sp³-hybridized carbons (Fsp3) is 0.571. The Balaban J connectivity index is 1.58. The third-order valence-electron chi connectivity index (χ3n) is 3.28. The maximum Gasteiger partial charge on any atom is 0.00670 e. The Morgan fingerprint density at radius 3 is 2.67 bits per heavy atom. The maximum atomic E-state index is 3.61. The lowest BCUT2D eigenvalue weighted by atomic mass is 10.1. The van der Waals surface area contributed by atoms with Crippen LogP contribution < -0.4 is 5.32 Å². The van der Waals surface area contributed by atoms with E-state index in [0.29, 0.717) is 0 Å². The van der Waals surface area contributed by atoms with Crippen molar-refractivity contribution < 1.29 is 0 Å². The van der Waals surface area contributed by atoms with Gasteiger partial charge in [-0.05, 0) is 50.6 Å². The van der Waals surface area contributed by atoms with E-state index in [4.69, 9.17) is 0 Å². The molecular weight excluding hydrogens is 182 g/mol. The van der Waals surface area contributed by atoms with Gasteiger partial charge in [0.05, 0.1) is 0 Å². The minimum absolute atomic E-state index is 0.737. The second-order valence-electron chi connectivity index (χ2n) is 4.67. The third-order valence-corrected chi connectivity index (χ3v) is 3.28. The SMILES string of the molecule is C[C@@H](NCCCc1ccccc1)C1CC1. The molecule has 0 unspecified atom stereocenters. The molecule has 0 saturated heterocycles. The van der Waals surface area contributed by atoms with Gasteiger partial charge in [-0.1, -0.05) is 30.3 Å². The monoisotopic (exact) mass is 203 g/mol. The van der Waals surface area contributed by atoms with Gasteiger partial charge in [-0.2, -0.15) is 0 Å². The standard InChI is InChI=1S/C14H21N/c1-12(14-9-10-14)15-11-5-8-13-6-3-2-4-7-13/h2-4,6-7,12,14-15H,5,8-11H2,1H3/t12-/m1/s1. The molecule has 0 radical (unpaired) electrons. The molecule has 1 aliphatic carbocycles. The van der Waals surface area contributed by atoms with Crippen LogP contribution in [-0.4, -0.2) is 12.6 Å². The van der Waals surface area contributed by atoms with Crippen LogP contribution in [0.1, 0.15) is 31.7 Å². The minimum Gasteiger partial charge on any atom is -0.314 e. The highest BCUT2D eigenvalue weighted by molar-refractivity contribution is 5.14. The lowest BCUT2D eigenvalue weighted by molar-refractivity contribution is 0.490. The van der Waals surface area contributed by atoms with Crippen molar-refractivity contribution in [1.82, 2.24) is 5.32 Å². The summed E-state index contributed by atoms with van der Waals surface area (Å²) in [6.45, 7) is 3.48. The topological polar surface area (TPSA) is 12.0 Å². The van der Waals surface area contributed by atoms with Crippen molar-refractivity contribution in [3.05, 3.63) is 35.9 Å². The molecule has 1 saturated carbocycles. The van der Waals surface area contributed by atoms with Crippen LogP contribution in [0.2, 0.25) is 0 Å². The molecule has 0 spiro atoms. The van der Waals surface area contributed by atoms with Gasteiger partial charge in [-0.15, -0.1) is 0 Å². The molecule has 82 valence electrons. The smallest absolute Gasteiger partial charge is 0.00670 e. The summed E-state index contributed by atoms with van der Waals surface area (Å²) >= 11 is 0. The van der Waals surface area contributed by atoms with Crippen molar-refractivity contribution >= 4 is 0 Å². The summed E-state index contributed by atoms with van der Waals surface area (Å²) in [6, 6.07) is 11.5. The van der Waals surface area contributed by atoms with Crippen molar-refractivity contribution in [3.63, 3.8) is 0 Å². The Bertz CT molecular complexity index is 277. The molecule has 1 nitrogen and oxygen atoms in total. The summed E-state index contributed by atoms with van der Waals surface area (Å²) in [5, 5.41) is 3.61. The number of nitrogens with one attached hydrogen (secondary N) is 1. The summed E-state index contributed by atoms with van der Waals surface area (Å²) < 4.78 is 0. The molecule has 1 atom stereocenters. The van der Waals surface area contributed by atoms with E-state index in [-0.39, 0.29) is 0 Å². The molecule has 15 heavy (non-hydrogen) atoms. The van der Waals surface area contributed by atoms with Crippen molar-refractivity contribution in [2.24, 2.45) is 5.92 Å². The average molecular weight is 203 g/mol. The van der Waals surface area contributed by atoms with Gasteiger partial charge in [0.2, 0.25) is 0 Å². The fourth-order valence-electron chi connectivity index (χ4n) is 2.03. The molecule has 0 aliphatic heterocycles. The summed E-state index contributed by atoms with van der Waals surface area (Å²) in [5.41, 5.74) is 1.46. The highest BCUT2D eigenvalue weighted by atomic mass is 14.9. The summed E-state index contributed by atoms with van der Waals surface area (Å²) in [6.07, 6.45) is 5.33. The first-order valence-electron chi connectivity index (χ1n) is 6.13. The van der Waals surface area contributed by atoms with E-state index in [9.17, 15) is 0 Å². The van der Waals surface area contributed by atoms with Gasteiger partial charge in [0.15, 0.2) is 0 Å². The van der Waals surface area contributed by atoms with E-state index in [2.05, 4.69) is 42.6 Å². The first kappa shape index (κ1) is 10.7. The van der Waals surface area contributed by atoms with E-state index in [0.717, 1.165) is 18.5 Å². The largest absolute Gasteiger partial charge is 0.314 e. The summed E-state index contributed by atoms with van der Waals surface area (Å²) in [5.74, 6) is 0.974. The molecule has 0 bridgehead atoms. The van der Waals surface area contributed by atoms with Crippen LogP contribution in [0.25, 0.3) is 0 Å². The number of aryl methyl sites for hydroxylation is 1. The Hall–Kier alpha value is -0.820. The minimum atomic E-state index is 0.737. The van der Waals surface area contributed by atoms with Gasteiger partial charge in [-0.25, -0.2) is 0 Å². The molecule has 1 aliphatic rings. The number of hydrogen-bond acceptors (Lipinski definition) is 1. The Morgan fingerprint density at radius 1 is 1.27 bits per heavy atom. The Kier molecular flexibility index (Phi) is 3.79. The third kappa shape index (κ3) is 3.67. The second kappa shape index (κ2) is 5.32. The van der Waals surface area contributed by atoms with Crippen LogP contribution in [0.4, 0.5) is 0 Å². The molecule has 0 heterocycles. The maximum absolute atomic E-state index is 3.61. The summed E-state index contributed by atoms with van der Waals surface area (Å²) in [4.78, 5) is 0. The zero-order valence-electron chi connectivity index (χ0n) is 9.58. The molecule has 1 fully saturated rings. The van der Waals surface area contributed by atoms with Crippen LogP contribution in [-0.2, 0) is 6.42 Å². The summed E-state index contributed by atoms with van der Waals surface area (Å²) in [7, 11) is 0. The van der Waals surface area contributed by atoms with Gasteiger partial charge in [-0.3, -0.25) is 0 Å². The first-order valence-corrected chi connectivity index (χ1v) is 6.13. The molecule has 2 rings (SSSR count). The van der Waals surface area contributed by atoms with Crippen molar-refractivity contribution in [2.45, 2.75) is 38.6 Å². The van der Waals surface area contributed by atoms with E-state index in [1.54, 1.807) is 0 Å². The predicted octanol–water partition coefficient (Wildman–Crippen LogP) is 3.01. The van der Waals surface area contributed by atoms with Crippen LogP contribution >= 0.6 is 0 Å². The molecule has 1 aromatic carbocycles. The van der Waals surface area contributed by atoms with Gasteiger partial charge in [0.25, 0.3) is 0 Å². The van der Waals surface area contributed by atoms with E-state index >= 15 is 0 Å². The van der Waals surface area contributed by atoms with Crippen molar-refractivity contribution in [3.8, 4) is 0 Å². The zero-order chi connectivity index (χ0) is 10.5. The van der Waals surface area contributed by atoms with E-state index in [1.807, 2.05) is 0 Å². The first-order chi connectivity index (χ1) is 7.36. The van der Waals surface area contributed by atoms with Gasteiger partial charge >= 0.3 is 0 Å². The lowest BCUT2D eigenvalue weighted by Gasteiger charge is -2.12. The number of rotatable bonds is 6. The highest BCUT2D eigenvalue weighted by Crippen LogP contribution is 2.32. The molecular formula is C14H21N. The Morgan fingerprint density at radius 2 is 2.00 bits per heavy atom. The van der Waals surface area contributed by atoms with Gasteiger partial charge < -0.3 is 5.32 Å². The van der Waals surface area contributed by atoms with E-state index in [1.165, 1.54) is 31.2 Å². The zero-order valence-corrected chi connectivity index (χ0v) is 9.58. The second-order valence-corrected chi connectivity index (χ2v) is 4.67. The number of hydrogen-bond donors (Lipinski definition) is 1. The molecule has 0 aromatic heterocycles. The molecule has 1 heteroatoms. The van der Waals surface area contributed by atoms with Crippen LogP contribution in [0, 0.1) is 5.92 Å².